The van der Waals surface area contributed by atoms with Gasteiger partial charge in [0.05, 0.1) is 18.6 Å². The number of hydrogen-bond donors (Lipinski definition) is 2. The number of aromatic amines is 1. The summed E-state index contributed by atoms with van der Waals surface area (Å²) in [5.74, 6) is 3.03. The number of aromatic nitrogens is 4. The molecule has 33 heavy (non-hydrogen) atoms. The van der Waals surface area contributed by atoms with Crippen LogP contribution in [-0.4, -0.2) is 36.7 Å². The van der Waals surface area contributed by atoms with E-state index >= 15 is 0 Å². The maximum atomic E-state index is 13.6. The second kappa shape index (κ2) is 7.49. The smallest absolute Gasteiger partial charge is 0.261 e. The average molecular weight is 453 g/mol. The van der Waals surface area contributed by atoms with Crippen LogP contribution in [0.25, 0.3) is 11.0 Å². The Morgan fingerprint density at radius 1 is 1.12 bits per heavy atom. The number of nitrogens with one attached hydrogen (secondary N) is 1. The number of rotatable bonds is 3. The number of carbonyl (C=O) groups is 1. The third-order valence-corrected chi connectivity index (χ3v) is 10.8. The lowest BCUT2D eigenvalue weighted by Gasteiger charge is -2.60. The monoisotopic (exact) mass is 452 g/mol. The quantitative estimate of drug-likeness (QED) is 0.739. The van der Waals surface area contributed by atoms with Gasteiger partial charge < -0.3 is 10.1 Å². The summed E-state index contributed by atoms with van der Waals surface area (Å²) in [6.07, 6.45) is 12.8. The highest BCUT2D eigenvalue weighted by atomic mass is 16.3. The molecule has 0 aliphatic heterocycles. The van der Waals surface area contributed by atoms with Crippen molar-refractivity contribution in [1.82, 2.24) is 19.7 Å². The zero-order chi connectivity index (χ0) is 23.0. The predicted octanol–water partition coefficient (Wildman–Crippen LogP) is 3.71. The van der Waals surface area contributed by atoms with Crippen LogP contribution in [-0.2, 0) is 11.3 Å². The van der Waals surface area contributed by atoms with Gasteiger partial charge in [-0.1, -0.05) is 13.8 Å². The minimum atomic E-state index is -0.218. The van der Waals surface area contributed by atoms with Crippen molar-refractivity contribution in [2.45, 2.75) is 84.3 Å². The van der Waals surface area contributed by atoms with Gasteiger partial charge in [0.25, 0.3) is 5.56 Å². The normalized spacial score (nSPS) is 42.5. The van der Waals surface area contributed by atoms with Crippen molar-refractivity contribution in [3.8, 4) is 0 Å². The van der Waals surface area contributed by atoms with Gasteiger partial charge in [-0.2, -0.15) is 5.10 Å². The number of fused-ring (bicyclic) bond motifs is 6. The first kappa shape index (κ1) is 21.5. The second-order valence-corrected chi connectivity index (χ2v) is 12.0. The molecule has 0 amide bonds. The van der Waals surface area contributed by atoms with Crippen LogP contribution in [0.4, 0.5) is 0 Å². The van der Waals surface area contributed by atoms with Gasteiger partial charge in [0, 0.05) is 5.92 Å². The SMILES string of the molecule is C[C@]12CC[C@H]3[C@@H](CCC4CC(O)CC[C@@]43C)[C@@H]1CC[C@@H]2C(=O)Cn1ncc2c(=O)[nH]cnc21. The van der Waals surface area contributed by atoms with Crippen LogP contribution in [0, 0.1) is 40.4 Å². The van der Waals surface area contributed by atoms with Crippen LogP contribution in [0.3, 0.4) is 0 Å². The molecule has 2 aromatic heterocycles. The van der Waals surface area contributed by atoms with Gasteiger partial charge in [-0.3, -0.25) is 9.59 Å². The molecule has 0 spiro atoms. The van der Waals surface area contributed by atoms with Crippen molar-refractivity contribution in [3.63, 3.8) is 0 Å². The summed E-state index contributed by atoms with van der Waals surface area (Å²) >= 11 is 0. The number of aliphatic hydroxyl groups excluding tert-OH is 1. The van der Waals surface area contributed by atoms with Gasteiger partial charge in [0.1, 0.15) is 11.9 Å². The zero-order valence-electron chi connectivity index (χ0n) is 19.8. The number of ketones is 1. The first-order chi connectivity index (χ1) is 15.8. The van der Waals surface area contributed by atoms with E-state index in [1.165, 1.54) is 31.8 Å². The summed E-state index contributed by atoms with van der Waals surface area (Å²) < 4.78 is 1.61. The fourth-order valence-corrected chi connectivity index (χ4v) is 9.04. The van der Waals surface area contributed by atoms with Crippen LogP contribution in [0.2, 0.25) is 0 Å². The Bertz CT molecular complexity index is 1140. The molecule has 4 fully saturated rings. The molecule has 0 saturated heterocycles. The topological polar surface area (TPSA) is 101 Å². The first-order valence-electron chi connectivity index (χ1n) is 12.9. The third-order valence-electron chi connectivity index (χ3n) is 10.8. The molecule has 7 heteroatoms. The van der Waals surface area contributed by atoms with E-state index < -0.39 is 0 Å². The number of Topliss-reactive ketones (excluding diaryl/α,β-unsaturated/α-hetero) is 1. The van der Waals surface area contributed by atoms with E-state index in [2.05, 4.69) is 28.9 Å². The minimum absolute atomic E-state index is 0.0587. The second-order valence-electron chi connectivity index (χ2n) is 12.0. The fourth-order valence-electron chi connectivity index (χ4n) is 9.04. The van der Waals surface area contributed by atoms with Gasteiger partial charge in [0.2, 0.25) is 0 Å². The number of nitrogens with zero attached hydrogens (tertiary/aromatic N) is 3. The van der Waals surface area contributed by atoms with Gasteiger partial charge in [0.15, 0.2) is 11.4 Å². The van der Waals surface area contributed by atoms with Crippen LogP contribution >= 0.6 is 0 Å². The molecule has 8 atom stereocenters. The van der Waals surface area contributed by atoms with Crippen molar-refractivity contribution >= 4 is 16.8 Å². The van der Waals surface area contributed by atoms with E-state index in [4.69, 9.17) is 0 Å². The molecule has 2 heterocycles. The fraction of sp³-hybridized carbons (Fsp3) is 0.769. The van der Waals surface area contributed by atoms with Crippen LogP contribution in [0.15, 0.2) is 17.3 Å². The molecule has 2 unspecified atom stereocenters. The highest BCUT2D eigenvalue weighted by Crippen LogP contribution is 2.67. The largest absolute Gasteiger partial charge is 0.393 e. The van der Waals surface area contributed by atoms with Gasteiger partial charge >= 0.3 is 0 Å². The summed E-state index contributed by atoms with van der Waals surface area (Å²) in [6.45, 7) is 5.09. The molecule has 0 bridgehead atoms. The van der Waals surface area contributed by atoms with E-state index in [0.717, 1.165) is 44.4 Å². The summed E-state index contributed by atoms with van der Waals surface area (Å²) in [4.78, 5) is 32.4. The highest BCUT2D eigenvalue weighted by Gasteiger charge is 2.61. The molecular formula is C26H36N4O3. The Kier molecular flexibility index (Phi) is 4.88. The van der Waals surface area contributed by atoms with Crippen LogP contribution in [0.5, 0.6) is 0 Å². The molecule has 178 valence electrons. The van der Waals surface area contributed by atoms with Gasteiger partial charge in [-0.05, 0) is 92.3 Å². The molecule has 0 radical (unpaired) electrons. The van der Waals surface area contributed by atoms with Crippen molar-refractivity contribution < 1.29 is 9.90 Å². The third kappa shape index (κ3) is 3.10. The van der Waals surface area contributed by atoms with Gasteiger partial charge in [-0.15, -0.1) is 0 Å². The van der Waals surface area contributed by atoms with Crippen LogP contribution < -0.4 is 5.56 Å². The number of hydrogen-bond acceptors (Lipinski definition) is 5. The maximum absolute atomic E-state index is 13.6. The van der Waals surface area contributed by atoms with E-state index in [1.54, 1.807) is 4.68 Å². The van der Waals surface area contributed by atoms with Crippen molar-refractivity contribution in [2.75, 3.05) is 0 Å². The summed E-state index contributed by atoms with van der Waals surface area (Å²) in [5.41, 5.74) is 0.687. The Labute approximate surface area is 194 Å². The molecule has 0 aromatic carbocycles. The van der Waals surface area contributed by atoms with Crippen LogP contribution in [0.1, 0.15) is 71.6 Å². The Morgan fingerprint density at radius 3 is 2.76 bits per heavy atom. The lowest BCUT2D eigenvalue weighted by Crippen LogP contribution is -2.54. The van der Waals surface area contributed by atoms with E-state index in [0.29, 0.717) is 34.2 Å². The van der Waals surface area contributed by atoms with E-state index in [9.17, 15) is 14.7 Å². The van der Waals surface area contributed by atoms with E-state index in [-0.39, 0.29) is 35.3 Å². The summed E-state index contributed by atoms with van der Waals surface area (Å²) in [6, 6.07) is 0. The molecule has 4 aliphatic carbocycles. The van der Waals surface area contributed by atoms with Crippen molar-refractivity contribution in [3.05, 3.63) is 22.9 Å². The van der Waals surface area contributed by atoms with Crippen molar-refractivity contribution in [1.29, 1.82) is 0 Å². The number of carbonyl (C=O) groups excluding carboxylic acids is 1. The lowest BCUT2D eigenvalue weighted by atomic mass is 9.44. The average Bonchev–Trinajstić information content (AvgIpc) is 3.36. The highest BCUT2D eigenvalue weighted by molar-refractivity contribution is 5.83. The Morgan fingerprint density at radius 2 is 1.91 bits per heavy atom. The Balaban J connectivity index is 1.23. The molecule has 7 nitrogen and oxygen atoms in total. The molecule has 4 aliphatic rings. The summed E-state index contributed by atoms with van der Waals surface area (Å²) in [7, 11) is 0. The van der Waals surface area contributed by atoms with Gasteiger partial charge in [-0.25, -0.2) is 9.67 Å². The zero-order valence-corrected chi connectivity index (χ0v) is 19.8. The number of H-pyrrole nitrogens is 1. The number of aliphatic hydroxyl groups is 1. The molecule has 2 N–H and O–H groups in total. The lowest BCUT2D eigenvalue weighted by molar-refractivity contribution is -0.140. The maximum Gasteiger partial charge on any atom is 0.261 e. The predicted molar refractivity (Wildman–Crippen MR) is 124 cm³/mol. The van der Waals surface area contributed by atoms with E-state index in [1.807, 2.05) is 0 Å². The molecule has 2 aromatic rings. The standard InChI is InChI=1S/C26H36N4O3/c1-25-9-7-16(31)11-15(25)3-4-17-19-5-6-21(26(19,2)10-8-20(17)25)22(32)13-30-23-18(12-29-30)24(33)28-14-27-23/h12,14-17,19-21,31H,3-11,13H2,1-2H3,(H,27,28,33)/t15?,16?,17-,19-,20-,21+,25-,26-/m0/s1. The Hall–Kier alpha value is -2.02. The van der Waals surface area contributed by atoms with Crippen molar-refractivity contribution in [2.24, 2.45) is 40.4 Å². The minimum Gasteiger partial charge on any atom is -0.393 e. The molecule has 4 saturated carbocycles. The molecular weight excluding hydrogens is 416 g/mol. The first-order valence-corrected chi connectivity index (χ1v) is 12.9. The summed E-state index contributed by atoms with van der Waals surface area (Å²) in [5, 5.41) is 15.0. The molecule has 6 rings (SSSR count).